The molecule has 7 heteroatoms. The van der Waals surface area contributed by atoms with E-state index in [0.29, 0.717) is 13.0 Å². The number of nitrogens with two attached hydrogens (primary N) is 1. The zero-order valence-electron chi connectivity index (χ0n) is 9.59. The SMILES string of the molecule is CCOC1CC(N)C1NS(=O)(=O)c1cc[nH]c1. The Hall–Kier alpha value is -0.890. The minimum Gasteiger partial charge on any atom is -0.377 e. The molecule has 0 aliphatic heterocycles. The zero-order valence-corrected chi connectivity index (χ0v) is 10.4. The van der Waals surface area contributed by atoms with Crippen molar-refractivity contribution in [3.63, 3.8) is 0 Å². The van der Waals surface area contributed by atoms with E-state index in [1.165, 1.54) is 12.3 Å². The normalized spacial score (nSPS) is 28.9. The lowest BCUT2D eigenvalue weighted by molar-refractivity contribution is -0.0248. The number of aromatic nitrogens is 1. The van der Waals surface area contributed by atoms with E-state index in [-0.39, 0.29) is 23.1 Å². The van der Waals surface area contributed by atoms with Gasteiger partial charge < -0.3 is 15.5 Å². The fraction of sp³-hybridized carbons (Fsp3) is 0.600. The van der Waals surface area contributed by atoms with Crippen LogP contribution in [0.5, 0.6) is 0 Å². The molecule has 1 aromatic rings. The van der Waals surface area contributed by atoms with Gasteiger partial charge in [-0.15, -0.1) is 0 Å². The molecule has 1 fully saturated rings. The van der Waals surface area contributed by atoms with Crippen molar-refractivity contribution in [1.29, 1.82) is 0 Å². The molecule has 3 atom stereocenters. The summed E-state index contributed by atoms with van der Waals surface area (Å²) in [5.41, 5.74) is 5.79. The molecule has 1 heterocycles. The van der Waals surface area contributed by atoms with Gasteiger partial charge in [-0.2, -0.15) is 0 Å². The highest BCUT2D eigenvalue weighted by Crippen LogP contribution is 2.24. The van der Waals surface area contributed by atoms with Gasteiger partial charge in [-0.1, -0.05) is 0 Å². The van der Waals surface area contributed by atoms with E-state index in [1.54, 1.807) is 6.20 Å². The number of aromatic amines is 1. The lowest BCUT2D eigenvalue weighted by Crippen LogP contribution is -2.64. The highest BCUT2D eigenvalue weighted by atomic mass is 32.2. The molecule has 2 rings (SSSR count). The minimum absolute atomic E-state index is 0.122. The van der Waals surface area contributed by atoms with Crippen molar-refractivity contribution in [2.75, 3.05) is 6.61 Å². The largest absolute Gasteiger partial charge is 0.377 e. The van der Waals surface area contributed by atoms with E-state index in [0.717, 1.165) is 0 Å². The van der Waals surface area contributed by atoms with Crippen LogP contribution in [0.4, 0.5) is 0 Å². The van der Waals surface area contributed by atoms with E-state index < -0.39 is 10.0 Å². The van der Waals surface area contributed by atoms with E-state index in [1.807, 2.05) is 6.92 Å². The van der Waals surface area contributed by atoms with Crippen LogP contribution >= 0.6 is 0 Å². The van der Waals surface area contributed by atoms with Gasteiger partial charge in [0, 0.05) is 25.0 Å². The van der Waals surface area contributed by atoms with Gasteiger partial charge in [0.15, 0.2) is 0 Å². The third-order valence-corrected chi connectivity index (χ3v) is 4.37. The topological polar surface area (TPSA) is 97.2 Å². The van der Waals surface area contributed by atoms with Crippen molar-refractivity contribution in [2.45, 2.75) is 36.4 Å². The highest BCUT2D eigenvalue weighted by Gasteiger charge is 2.42. The molecule has 1 aliphatic rings. The Kier molecular flexibility index (Phi) is 3.53. The molecule has 1 saturated carbocycles. The summed E-state index contributed by atoms with van der Waals surface area (Å²) >= 11 is 0. The molecule has 0 aromatic carbocycles. The summed E-state index contributed by atoms with van der Waals surface area (Å²) in [5.74, 6) is 0. The van der Waals surface area contributed by atoms with Crippen LogP contribution in [0.15, 0.2) is 23.4 Å². The van der Waals surface area contributed by atoms with Crippen molar-refractivity contribution < 1.29 is 13.2 Å². The molecule has 0 saturated heterocycles. The number of sulfonamides is 1. The molecule has 0 radical (unpaired) electrons. The second kappa shape index (κ2) is 4.77. The first-order valence-corrected chi connectivity index (χ1v) is 7.05. The van der Waals surface area contributed by atoms with Gasteiger partial charge in [0.2, 0.25) is 10.0 Å². The summed E-state index contributed by atoms with van der Waals surface area (Å²) in [6.45, 7) is 2.43. The molecule has 3 unspecified atom stereocenters. The van der Waals surface area contributed by atoms with Crippen LogP contribution in [0.25, 0.3) is 0 Å². The van der Waals surface area contributed by atoms with E-state index in [2.05, 4.69) is 9.71 Å². The summed E-state index contributed by atoms with van der Waals surface area (Å²) < 4.78 is 31.9. The number of rotatable bonds is 5. The lowest BCUT2D eigenvalue weighted by atomic mass is 9.84. The fourth-order valence-corrected chi connectivity index (χ4v) is 3.20. The Morgan fingerprint density at radius 1 is 1.65 bits per heavy atom. The first kappa shape index (κ1) is 12.6. The Morgan fingerprint density at radius 2 is 2.41 bits per heavy atom. The van der Waals surface area contributed by atoms with Crippen molar-refractivity contribution in [3.05, 3.63) is 18.5 Å². The second-order valence-corrected chi connectivity index (χ2v) is 5.80. The smallest absolute Gasteiger partial charge is 0.242 e. The van der Waals surface area contributed by atoms with Gasteiger partial charge in [0.1, 0.15) is 0 Å². The van der Waals surface area contributed by atoms with Crippen LogP contribution in [0, 0.1) is 0 Å². The summed E-state index contributed by atoms with van der Waals surface area (Å²) in [7, 11) is -3.50. The third kappa shape index (κ3) is 2.52. The molecule has 1 aliphatic carbocycles. The molecule has 0 spiro atoms. The molecule has 17 heavy (non-hydrogen) atoms. The van der Waals surface area contributed by atoms with Crippen molar-refractivity contribution in [3.8, 4) is 0 Å². The number of H-pyrrole nitrogens is 1. The van der Waals surface area contributed by atoms with Crippen molar-refractivity contribution in [2.24, 2.45) is 5.73 Å². The molecule has 4 N–H and O–H groups in total. The first-order chi connectivity index (χ1) is 8.04. The number of hydrogen-bond donors (Lipinski definition) is 3. The van der Waals surface area contributed by atoms with Crippen molar-refractivity contribution in [1.82, 2.24) is 9.71 Å². The number of hydrogen-bond acceptors (Lipinski definition) is 4. The van der Waals surface area contributed by atoms with Gasteiger partial charge >= 0.3 is 0 Å². The van der Waals surface area contributed by atoms with E-state index >= 15 is 0 Å². The lowest BCUT2D eigenvalue weighted by Gasteiger charge is -2.42. The minimum atomic E-state index is -3.50. The summed E-state index contributed by atoms with van der Waals surface area (Å²) in [6.07, 6.45) is 3.56. The molecule has 1 aromatic heterocycles. The predicted molar refractivity (Wildman–Crippen MR) is 62.9 cm³/mol. The van der Waals surface area contributed by atoms with Crippen LogP contribution in [0.3, 0.4) is 0 Å². The van der Waals surface area contributed by atoms with Crippen LogP contribution in [0.1, 0.15) is 13.3 Å². The maximum Gasteiger partial charge on any atom is 0.242 e. The second-order valence-electron chi connectivity index (χ2n) is 4.09. The van der Waals surface area contributed by atoms with Crippen LogP contribution in [-0.4, -0.2) is 38.2 Å². The maximum atomic E-state index is 11.9. The Bertz CT molecular complexity index is 455. The quantitative estimate of drug-likeness (QED) is 0.682. The highest BCUT2D eigenvalue weighted by molar-refractivity contribution is 7.89. The zero-order chi connectivity index (χ0) is 12.5. The van der Waals surface area contributed by atoms with E-state index in [4.69, 9.17) is 10.5 Å². The first-order valence-electron chi connectivity index (χ1n) is 5.57. The van der Waals surface area contributed by atoms with Crippen molar-refractivity contribution >= 4 is 10.0 Å². The Balaban J connectivity index is 2.05. The molecular weight excluding hydrogens is 242 g/mol. The summed E-state index contributed by atoms with van der Waals surface area (Å²) in [6, 6.07) is 0.984. The van der Waals surface area contributed by atoms with Gasteiger partial charge in [-0.25, -0.2) is 13.1 Å². The monoisotopic (exact) mass is 259 g/mol. The fourth-order valence-electron chi connectivity index (χ4n) is 1.91. The van der Waals surface area contributed by atoms with E-state index in [9.17, 15) is 8.42 Å². The average Bonchev–Trinajstić information content (AvgIpc) is 2.80. The van der Waals surface area contributed by atoms with Gasteiger partial charge in [0.05, 0.1) is 17.0 Å². The van der Waals surface area contributed by atoms with Crippen LogP contribution in [-0.2, 0) is 14.8 Å². The van der Waals surface area contributed by atoms with Gasteiger partial charge in [-0.05, 0) is 19.4 Å². The molecule has 96 valence electrons. The van der Waals surface area contributed by atoms with Gasteiger partial charge in [0.25, 0.3) is 0 Å². The van der Waals surface area contributed by atoms with Crippen LogP contribution < -0.4 is 10.5 Å². The predicted octanol–water partition coefficient (Wildman–Crippen LogP) is -0.202. The van der Waals surface area contributed by atoms with Gasteiger partial charge in [-0.3, -0.25) is 0 Å². The Morgan fingerprint density at radius 3 is 2.94 bits per heavy atom. The Labute approximate surface area is 101 Å². The molecule has 0 bridgehead atoms. The molecular formula is C10H17N3O3S. The third-order valence-electron chi connectivity index (χ3n) is 2.92. The molecule has 6 nitrogen and oxygen atoms in total. The summed E-state index contributed by atoms with van der Waals surface area (Å²) in [5, 5.41) is 0. The standard InChI is InChI=1S/C10H17N3O3S/c1-2-16-9-5-8(11)10(9)13-17(14,15)7-3-4-12-6-7/h3-4,6,8-10,12-13H,2,5,11H2,1H3. The van der Waals surface area contributed by atoms with Crippen LogP contribution in [0.2, 0.25) is 0 Å². The average molecular weight is 259 g/mol. The number of ether oxygens (including phenoxy) is 1. The molecule has 0 amide bonds. The number of nitrogens with one attached hydrogen (secondary N) is 2. The summed E-state index contributed by atoms with van der Waals surface area (Å²) in [4.78, 5) is 2.93. The maximum absolute atomic E-state index is 11.9.